The van der Waals surface area contributed by atoms with Crippen molar-refractivity contribution in [1.82, 2.24) is 20.8 Å². The summed E-state index contributed by atoms with van der Waals surface area (Å²) in [5.41, 5.74) is 0.762. The predicted octanol–water partition coefficient (Wildman–Crippen LogP) is 2.76. The molecule has 2 N–H and O–H groups in total. The summed E-state index contributed by atoms with van der Waals surface area (Å²) in [6.45, 7) is 8.58. The molecule has 0 saturated heterocycles. The Morgan fingerprint density at radius 1 is 0.886 bits per heavy atom. The number of nitrogens with zero attached hydrogens (tertiary/aromatic N) is 2. The molecule has 194 valence electrons. The van der Waals surface area contributed by atoms with Crippen LogP contribution < -0.4 is 10.6 Å². The molecule has 0 fully saturated rings. The van der Waals surface area contributed by atoms with Crippen LogP contribution in [0.2, 0.25) is 0 Å². The zero-order chi connectivity index (χ0) is 25.5. The second-order valence-corrected chi connectivity index (χ2v) is 8.93. The lowest BCUT2D eigenvalue weighted by molar-refractivity contribution is 0.0145. The molecular formula is C23H34N4O7S. The number of aromatic nitrogens is 2. The molecule has 11 nitrogen and oxygen atoms in total. The van der Waals surface area contributed by atoms with Gasteiger partial charge in [0.1, 0.15) is 5.60 Å². The van der Waals surface area contributed by atoms with Crippen molar-refractivity contribution in [3.63, 3.8) is 0 Å². The zero-order valence-electron chi connectivity index (χ0n) is 20.6. The fourth-order valence-corrected chi connectivity index (χ4v) is 2.88. The van der Waals surface area contributed by atoms with Crippen LogP contribution in [0.4, 0.5) is 4.79 Å². The van der Waals surface area contributed by atoms with Crippen molar-refractivity contribution < 1.29 is 33.0 Å². The van der Waals surface area contributed by atoms with Gasteiger partial charge in [0, 0.05) is 24.2 Å². The number of carbonyl (C=O) groups excluding carboxylic acids is 2. The van der Waals surface area contributed by atoms with Gasteiger partial charge in [-0.3, -0.25) is 4.79 Å². The second-order valence-electron chi connectivity index (χ2n) is 8.18. The lowest BCUT2D eigenvalue weighted by Gasteiger charge is -2.19. The lowest BCUT2D eigenvalue weighted by Crippen LogP contribution is -2.34. The number of hydrogen-bond acceptors (Lipinski definition) is 10. The number of carbonyl (C=O) groups is 2. The van der Waals surface area contributed by atoms with Crippen LogP contribution in [0.1, 0.15) is 31.1 Å². The Morgan fingerprint density at radius 2 is 1.46 bits per heavy atom. The van der Waals surface area contributed by atoms with Crippen LogP contribution in [0.15, 0.2) is 33.9 Å². The number of rotatable bonds is 15. The van der Waals surface area contributed by atoms with Crippen LogP contribution in [0.5, 0.6) is 0 Å². The van der Waals surface area contributed by atoms with Gasteiger partial charge in [0.25, 0.3) is 11.1 Å². The van der Waals surface area contributed by atoms with E-state index in [2.05, 4.69) is 20.8 Å². The standard InChI is InChI=1S/C23H34N4O7S/c1-23(2,3)34-21(29)25-10-12-31-14-16-32-15-13-30-11-9-24-19(28)17-5-7-18(8-6-17)20-26-27-22(33-20)35-4/h5-8H,9-16H2,1-4H3,(H,24,28)(H,25,29). The quantitative estimate of drug-likeness (QED) is 0.272. The first-order valence-electron chi connectivity index (χ1n) is 11.2. The molecule has 0 aliphatic carbocycles. The molecule has 1 aromatic heterocycles. The van der Waals surface area contributed by atoms with Gasteiger partial charge in [-0.1, -0.05) is 11.8 Å². The topological polar surface area (TPSA) is 134 Å². The summed E-state index contributed by atoms with van der Waals surface area (Å²) in [7, 11) is 0. The lowest BCUT2D eigenvalue weighted by atomic mass is 10.1. The molecule has 0 saturated carbocycles. The maximum atomic E-state index is 12.2. The molecule has 0 unspecified atom stereocenters. The molecule has 0 atom stereocenters. The number of hydrogen-bond donors (Lipinski definition) is 2. The molecular weight excluding hydrogens is 476 g/mol. The van der Waals surface area contributed by atoms with Crippen molar-refractivity contribution in [2.24, 2.45) is 0 Å². The zero-order valence-corrected chi connectivity index (χ0v) is 21.4. The maximum Gasteiger partial charge on any atom is 0.407 e. The highest BCUT2D eigenvalue weighted by atomic mass is 32.2. The maximum absolute atomic E-state index is 12.2. The second kappa shape index (κ2) is 15.4. The predicted molar refractivity (Wildman–Crippen MR) is 131 cm³/mol. The number of alkyl carbamates (subject to hydrolysis) is 1. The molecule has 2 rings (SSSR count). The van der Waals surface area contributed by atoms with Gasteiger partial charge in [0.2, 0.25) is 5.89 Å². The Bertz CT molecular complexity index is 900. The molecule has 1 heterocycles. The Balaban J connectivity index is 1.44. The van der Waals surface area contributed by atoms with Crippen molar-refractivity contribution in [3.8, 4) is 11.5 Å². The largest absolute Gasteiger partial charge is 0.444 e. The van der Waals surface area contributed by atoms with Crippen LogP contribution in [-0.2, 0) is 18.9 Å². The Hall–Kier alpha value is -2.67. The van der Waals surface area contributed by atoms with E-state index in [0.717, 1.165) is 5.56 Å². The van der Waals surface area contributed by atoms with E-state index in [1.807, 2.05) is 6.26 Å². The molecule has 2 aromatic rings. The van der Waals surface area contributed by atoms with Crippen molar-refractivity contribution in [1.29, 1.82) is 0 Å². The normalized spacial score (nSPS) is 11.3. The van der Waals surface area contributed by atoms with E-state index in [1.165, 1.54) is 11.8 Å². The Kier molecular flexibility index (Phi) is 12.5. The minimum Gasteiger partial charge on any atom is -0.444 e. The van der Waals surface area contributed by atoms with Crippen LogP contribution in [0.3, 0.4) is 0 Å². The van der Waals surface area contributed by atoms with Crippen molar-refractivity contribution in [2.45, 2.75) is 31.6 Å². The first-order valence-corrected chi connectivity index (χ1v) is 12.5. The first-order chi connectivity index (χ1) is 16.8. The minimum absolute atomic E-state index is 0.190. The smallest absolute Gasteiger partial charge is 0.407 e. The third-order valence-corrected chi connectivity index (χ3v) is 4.68. The van der Waals surface area contributed by atoms with Crippen molar-refractivity contribution >= 4 is 23.8 Å². The Labute approximate surface area is 209 Å². The molecule has 0 aliphatic heterocycles. The third kappa shape index (κ3) is 12.0. The van der Waals surface area contributed by atoms with E-state index >= 15 is 0 Å². The van der Waals surface area contributed by atoms with Gasteiger partial charge in [0.15, 0.2) is 0 Å². The van der Waals surface area contributed by atoms with E-state index in [9.17, 15) is 9.59 Å². The van der Waals surface area contributed by atoms with Gasteiger partial charge < -0.3 is 34.0 Å². The molecule has 12 heteroatoms. The molecule has 1 aromatic carbocycles. The number of benzene rings is 1. The van der Waals surface area contributed by atoms with Crippen LogP contribution >= 0.6 is 11.8 Å². The van der Waals surface area contributed by atoms with Crippen LogP contribution in [0.25, 0.3) is 11.5 Å². The molecule has 0 bridgehead atoms. The van der Waals surface area contributed by atoms with Gasteiger partial charge in [-0.25, -0.2) is 4.79 Å². The highest BCUT2D eigenvalue weighted by molar-refractivity contribution is 7.98. The summed E-state index contributed by atoms with van der Waals surface area (Å²) >= 11 is 1.37. The van der Waals surface area contributed by atoms with Gasteiger partial charge in [0.05, 0.1) is 39.6 Å². The SMILES string of the molecule is CSc1nnc(-c2ccc(C(=O)NCCOCCOCCOCCNC(=O)OC(C)(C)C)cc2)o1. The minimum atomic E-state index is -0.519. The molecule has 0 radical (unpaired) electrons. The van der Waals surface area contributed by atoms with Gasteiger partial charge in [-0.2, -0.15) is 0 Å². The van der Waals surface area contributed by atoms with Gasteiger partial charge >= 0.3 is 6.09 Å². The van der Waals surface area contributed by atoms with E-state index in [1.54, 1.807) is 45.0 Å². The van der Waals surface area contributed by atoms with E-state index in [0.29, 0.717) is 69.4 Å². The Morgan fingerprint density at radius 3 is 2.00 bits per heavy atom. The summed E-state index contributed by atoms with van der Waals surface area (Å²) in [4.78, 5) is 23.7. The fraction of sp³-hybridized carbons (Fsp3) is 0.565. The number of amides is 2. The van der Waals surface area contributed by atoms with Crippen molar-refractivity contribution in [3.05, 3.63) is 29.8 Å². The molecule has 35 heavy (non-hydrogen) atoms. The van der Waals surface area contributed by atoms with E-state index in [-0.39, 0.29) is 5.91 Å². The fourth-order valence-electron chi connectivity index (χ4n) is 2.59. The van der Waals surface area contributed by atoms with Gasteiger partial charge in [-0.15, -0.1) is 10.2 Å². The molecule has 0 aliphatic rings. The summed E-state index contributed by atoms with van der Waals surface area (Å²) in [5, 5.41) is 13.8. The first kappa shape index (κ1) is 28.6. The summed E-state index contributed by atoms with van der Waals surface area (Å²) in [5.74, 6) is 0.226. The van der Waals surface area contributed by atoms with Crippen LogP contribution in [0, 0.1) is 0 Å². The summed E-state index contributed by atoms with van der Waals surface area (Å²) < 4.78 is 26.8. The van der Waals surface area contributed by atoms with Crippen LogP contribution in [-0.4, -0.2) is 86.8 Å². The highest BCUT2D eigenvalue weighted by Crippen LogP contribution is 2.21. The third-order valence-electron chi connectivity index (χ3n) is 4.17. The highest BCUT2D eigenvalue weighted by Gasteiger charge is 2.15. The average Bonchev–Trinajstić information content (AvgIpc) is 3.30. The van der Waals surface area contributed by atoms with Crippen molar-refractivity contribution in [2.75, 3.05) is 59.0 Å². The summed E-state index contributed by atoms with van der Waals surface area (Å²) in [6.07, 6.45) is 1.39. The summed E-state index contributed by atoms with van der Waals surface area (Å²) in [6, 6.07) is 6.94. The van der Waals surface area contributed by atoms with E-state index < -0.39 is 11.7 Å². The molecule has 0 spiro atoms. The van der Waals surface area contributed by atoms with Gasteiger partial charge in [-0.05, 0) is 51.3 Å². The number of nitrogens with one attached hydrogen (secondary N) is 2. The average molecular weight is 511 g/mol. The van der Waals surface area contributed by atoms with E-state index in [4.69, 9.17) is 23.4 Å². The number of thioether (sulfide) groups is 1. The number of ether oxygens (including phenoxy) is 4. The monoisotopic (exact) mass is 510 g/mol. The molecule has 2 amide bonds.